The van der Waals surface area contributed by atoms with Gasteiger partial charge in [0.25, 0.3) is 0 Å². The molecule has 0 radical (unpaired) electrons. The highest BCUT2D eigenvalue weighted by Crippen LogP contribution is 2.52. The van der Waals surface area contributed by atoms with E-state index in [1.165, 1.54) is 0 Å². The van der Waals surface area contributed by atoms with Crippen molar-refractivity contribution in [3.05, 3.63) is 0 Å². The minimum atomic E-state index is -0.383. The van der Waals surface area contributed by atoms with E-state index in [1.807, 2.05) is 0 Å². The predicted molar refractivity (Wildman–Crippen MR) is 48.1 cm³/mol. The van der Waals surface area contributed by atoms with Gasteiger partial charge in [0.15, 0.2) is 0 Å². The van der Waals surface area contributed by atoms with Crippen molar-refractivity contribution in [3.8, 4) is 0 Å². The van der Waals surface area contributed by atoms with E-state index in [0.29, 0.717) is 6.61 Å². The summed E-state index contributed by atoms with van der Waals surface area (Å²) in [7, 11) is 0. The number of rotatable bonds is 4. The van der Waals surface area contributed by atoms with Gasteiger partial charge in [-0.2, -0.15) is 0 Å². The molecule has 0 aromatic heterocycles. The summed E-state index contributed by atoms with van der Waals surface area (Å²) in [5.74, 6) is -0.395. The quantitative estimate of drug-likeness (QED) is 0.623. The van der Waals surface area contributed by atoms with Crippen LogP contribution in [-0.2, 0) is 14.3 Å². The summed E-state index contributed by atoms with van der Waals surface area (Å²) in [4.78, 5) is 22.6. The summed E-state index contributed by atoms with van der Waals surface area (Å²) in [5.41, 5.74) is -0.383. The molecule has 1 rings (SSSR count). The smallest absolute Gasteiger partial charge is 0.309 e. The number of carbonyl (C=O) groups excluding carboxylic acids is 2. The van der Waals surface area contributed by atoms with Crippen LogP contribution in [0.1, 0.15) is 33.6 Å². The summed E-state index contributed by atoms with van der Waals surface area (Å²) >= 11 is 0. The summed E-state index contributed by atoms with van der Waals surface area (Å²) in [6, 6.07) is 0. The van der Waals surface area contributed by atoms with Gasteiger partial charge in [-0.1, -0.05) is 6.92 Å². The first-order valence-corrected chi connectivity index (χ1v) is 4.72. The third-order valence-corrected chi connectivity index (χ3v) is 2.96. The second-order valence-corrected chi connectivity index (χ2v) is 3.69. The number of ether oxygens (including phenoxy) is 1. The first-order chi connectivity index (χ1) is 6.04. The molecule has 3 heteroatoms. The molecule has 1 atom stereocenters. The lowest BCUT2D eigenvalue weighted by Gasteiger charge is -2.18. The van der Waals surface area contributed by atoms with Gasteiger partial charge in [-0.3, -0.25) is 9.59 Å². The van der Waals surface area contributed by atoms with Gasteiger partial charge in [-0.25, -0.2) is 0 Å². The van der Waals surface area contributed by atoms with Crippen LogP contribution in [0.2, 0.25) is 0 Å². The molecule has 0 N–H and O–H groups in total. The summed E-state index contributed by atoms with van der Waals surface area (Å²) in [6.07, 6.45) is 1.67. The fourth-order valence-electron chi connectivity index (χ4n) is 1.72. The Hall–Kier alpha value is -0.860. The normalized spacial score (nSPS) is 20.5. The topological polar surface area (TPSA) is 43.4 Å². The molecule has 13 heavy (non-hydrogen) atoms. The number of Topliss-reactive ketones (excluding diaryl/α,β-unsaturated/α-hetero) is 1. The van der Waals surface area contributed by atoms with E-state index in [0.717, 1.165) is 12.8 Å². The van der Waals surface area contributed by atoms with Crippen LogP contribution in [0.15, 0.2) is 0 Å². The number of carbonyl (C=O) groups is 2. The van der Waals surface area contributed by atoms with Gasteiger partial charge in [0.05, 0.1) is 12.5 Å². The second-order valence-electron chi connectivity index (χ2n) is 3.69. The van der Waals surface area contributed by atoms with Crippen LogP contribution in [0.25, 0.3) is 0 Å². The second kappa shape index (κ2) is 3.48. The van der Waals surface area contributed by atoms with E-state index >= 15 is 0 Å². The van der Waals surface area contributed by atoms with Gasteiger partial charge in [0, 0.05) is 5.41 Å². The van der Waals surface area contributed by atoms with Crippen molar-refractivity contribution in [2.75, 3.05) is 6.61 Å². The minimum Gasteiger partial charge on any atom is -0.466 e. The van der Waals surface area contributed by atoms with E-state index in [1.54, 1.807) is 20.8 Å². The first-order valence-electron chi connectivity index (χ1n) is 4.72. The lowest BCUT2D eigenvalue weighted by Crippen LogP contribution is -2.29. The molecule has 1 saturated carbocycles. The largest absolute Gasteiger partial charge is 0.466 e. The van der Waals surface area contributed by atoms with Crippen molar-refractivity contribution in [1.29, 1.82) is 0 Å². The monoisotopic (exact) mass is 184 g/mol. The number of hydrogen-bond donors (Lipinski definition) is 0. The zero-order chi connectivity index (χ0) is 10.1. The van der Waals surface area contributed by atoms with Crippen molar-refractivity contribution in [3.63, 3.8) is 0 Å². The highest BCUT2D eigenvalue weighted by molar-refractivity contribution is 5.90. The van der Waals surface area contributed by atoms with Crippen LogP contribution in [-0.4, -0.2) is 18.4 Å². The van der Waals surface area contributed by atoms with E-state index in [-0.39, 0.29) is 23.1 Å². The molecule has 74 valence electrons. The molecule has 1 fully saturated rings. The molecule has 0 amide bonds. The standard InChI is InChI=1S/C10H16O3/c1-4-13-9(12)7(2)10(5-6-10)8(3)11/h7H,4-6H2,1-3H3. The van der Waals surface area contributed by atoms with Gasteiger partial charge in [0.1, 0.15) is 5.78 Å². The van der Waals surface area contributed by atoms with Gasteiger partial charge in [-0.05, 0) is 26.7 Å². The Morgan fingerprint density at radius 3 is 2.31 bits per heavy atom. The highest BCUT2D eigenvalue weighted by Gasteiger charge is 2.54. The minimum absolute atomic E-state index is 0.119. The van der Waals surface area contributed by atoms with Crippen LogP contribution in [0.5, 0.6) is 0 Å². The molecule has 3 nitrogen and oxygen atoms in total. The van der Waals surface area contributed by atoms with Gasteiger partial charge in [0.2, 0.25) is 0 Å². The average Bonchev–Trinajstić information content (AvgIpc) is 2.83. The van der Waals surface area contributed by atoms with E-state index in [2.05, 4.69) is 0 Å². The van der Waals surface area contributed by atoms with Crippen molar-refractivity contribution in [1.82, 2.24) is 0 Å². The van der Waals surface area contributed by atoms with E-state index < -0.39 is 0 Å². The molecule has 1 aliphatic carbocycles. The molecule has 0 aliphatic heterocycles. The highest BCUT2D eigenvalue weighted by atomic mass is 16.5. The molecule has 1 aliphatic rings. The SMILES string of the molecule is CCOC(=O)C(C)C1(C(C)=O)CC1. The zero-order valence-electron chi connectivity index (χ0n) is 8.42. The van der Waals surface area contributed by atoms with Crippen LogP contribution >= 0.6 is 0 Å². The lowest BCUT2D eigenvalue weighted by atomic mass is 9.87. The van der Waals surface area contributed by atoms with E-state index in [9.17, 15) is 9.59 Å². The Morgan fingerprint density at radius 1 is 1.46 bits per heavy atom. The Balaban J connectivity index is 2.62. The summed E-state index contributed by atoms with van der Waals surface area (Å²) in [6.45, 7) is 5.50. The maximum Gasteiger partial charge on any atom is 0.309 e. The third kappa shape index (κ3) is 1.74. The molecule has 0 aromatic rings. The Labute approximate surface area is 78.5 Å². The predicted octanol–water partition coefficient (Wildman–Crippen LogP) is 1.55. The molecule has 0 heterocycles. The number of hydrogen-bond acceptors (Lipinski definition) is 3. The van der Waals surface area contributed by atoms with Crippen LogP contribution in [0.4, 0.5) is 0 Å². The zero-order valence-corrected chi connectivity index (χ0v) is 8.42. The first kappa shape index (κ1) is 10.2. The maximum absolute atomic E-state index is 11.4. The van der Waals surface area contributed by atoms with Crippen LogP contribution in [0.3, 0.4) is 0 Å². The maximum atomic E-state index is 11.4. The van der Waals surface area contributed by atoms with Gasteiger partial charge >= 0.3 is 5.97 Å². The molecule has 0 spiro atoms. The van der Waals surface area contributed by atoms with Crippen molar-refractivity contribution >= 4 is 11.8 Å². The van der Waals surface area contributed by atoms with Gasteiger partial charge < -0.3 is 4.74 Å². The third-order valence-electron chi connectivity index (χ3n) is 2.96. The Kier molecular flexibility index (Phi) is 2.74. The fraction of sp³-hybridized carbons (Fsp3) is 0.800. The van der Waals surface area contributed by atoms with E-state index in [4.69, 9.17) is 4.74 Å². The Bertz CT molecular complexity index is 228. The van der Waals surface area contributed by atoms with Gasteiger partial charge in [-0.15, -0.1) is 0 Å². The fourth-order valence-corrected chi connectivity index (χ4v) is 1.72. The summed E-state index contributed by atoms with van der Waals surface area (Å²) < 4.78 is 4.89. The molecule has 1 unspecified atom stereocenters. The molecule has 0 saturated heterocycles. The molecular formula is C10H16O3. The van der Waals surface area contributed by atoms with Crippen molar-refractivity contribution in [2.45, 2.75) is 33.6 Å². The average molecular weight is 184 g/mol. The number of esters is 1. The van der Waals surface area contributed by atoms with Crippen LogP contribution in [0, 0.1) is 11.3 Å². The molecule has 0 aromatic carbocycles. The Morgan fingerprint density at radius 2 is 2.00 bits per heavy atom. The lowest BCUT2D eigenvalue weighted by molar-refractivity contribution is -0.152. The molecule has 0 bridgehead atoms. The summed E-state index contributed by atoms with van der Waals surface area (Å²) in [5, 5.41) is 0. The number of ketones is 1. The van der Waals surface area contributed by atoms with Crippen LogP contribution < -0.4 is 0 Å². The van der Waals surface area contributed by atoms with Crippen molar-refractivity contribution < 1.29 is 14.3 Å². The molecular weight excluding hydrogens is 168 g/mol. The van der Waals surface area contributed by atoms with Crippen molar-refractivity contribution in [2.24, 2.45) is 11.3 Å².